The molecule has 0 saturated heterocycles. The summed E-state index contributed by atoms with van der Waals surface area (Å²) in [5.74, 6) is -0.747. The van der Waals surface area contributed by atoms with Crippen molar-refractivity contribution in [3.8, 4) is 0 Å². The van der Waals surface area contributed by atoms with Crippen LogP contribution in [0.25, 0.3) is 0 Å². The van der Waals surface area contributed by atoms with Gasteiger partial charge in [-0.3, -0.25) is 4.79 Å². The third kappa shape index (κ3) is 2.05. The number of carboxylic acid groups (broad SMARTS) is 1. The highest BCUT2D eigenvalue weighted by Gasteiger charge is 2.23. The molecule has 0 aromatic heterocycles. The standard InChI is InChI=1S/C8H13NO2/c9-7(8(10)11)6-4-2-1-3-5-6/h1-2,6-7H,3-5,9H2,(H,10,11)/t6?,7-/m0/s1. The van der Waals surface area contributed by atoms with Crippen molar-refractivity contribution < 1.29 is 9.90 Å². The average molecular weight is 155 g/mol. The molecular weight excluding hydrogens is 142 g/mol. The van der Waals surface area contributed by atoms with Crippen LogP contribution in [0.3, 0.4) is 0 Å². The van der Waals surface area contributed by atoms with Crippen LogP contribution in [-0.4, -0.2) is 17.1 Å². The van der Waals surface area contributed by atoms with Gasteiger partial charge in [-0.15, -0.1) is 0 Å². The second kappa shape index (κ2) is 3.53. The highest BCUT2D eigenvalue weighted by atomic mass is 16.4. The van der Waals surface area contributed by atoms with Crippen molar-refractivity contribution in [1.29, 1.82) is 0 Å². The molecule has 3 nitrogen and oxygen atoms in total. The van der Waals surface area contributed by atoms with Crippen molar-refractivity contribution in [1.82, 2.24) is 0 Å². The Morgan fingerprint density at radius 1 is 1.64 bits per heavy atom. The summed E-state index contributed by atoms with van der Waals surface area (Å²) in [6, 6.07) is -0.681. The SMILES string of the molecule is N[C@H](C(=O)O)C1CC=CCC1. The first kappa shape index (κ1) is 8.27. The van der Waals surface area contributed by atoms with Crippen LogP contribution in [-0.2, 0) is 4.79 Å². The molecule has 0 aromatic carbocycles. The van der Waals surface area contributed by atoms with E-state index in [-0.39, 0.29) is 5.92 Å². The van der Waals surface area contributed by atoms with E-state index >= 15 is 0 Å². The van der Waals surface area contributed by atoms with E-state index in [0.29, 0.717) is 0 Å². The number of carboxylic acids is 1. The van der Waals surface area contributed by atoms with E-state index in [1.165, 1.54) is 0 Å². The molecule has 0 saturated carbocycles. The molecule has 0 aliphatic heterocycles. The lowest BCUT2D eigenvalue weighted by atomic mass is 9.88. The number of aliphatic carboxylic acids is 1. The molecule has 3 heteroatoms. The molecule has 0 aromatic rings. The molecule has 1 rings (SSSR count). The van der Waals surface area contributed by atoms with Crippen LogP contribution >= 0.6 is 0 Å². The van der Waals surface area contributed by atoms with Gasteiger partial charge in [0.1, 0.15) is 6.04 Å². The van der Waals surface area contributed by atoms with Crippen LogP contribution in [0.4, 0.5) is 0 Å². The minimum Gasteiger partial charge on any atom is -0.480 e. The van der Waals surface area contributed by atoms with Crippen LogP contribution in [0.15, 0.2) is 12.2 Å². The first-order valence-electron chi connectivity index (χ1n) is 3.85. The van der Waals surface area contributed by atoms with E-state index in [1.54, 1.807) is 0 Å². The number of carbonyl (C=O) groups is 1. The van der Waals surface area contributed by atoms with Crippen LogP contribution in [0.2, 0.25) is 0 Å². The molecule has 0 fully saturated rings. The minimum atomic E-state index is -0.884. The average Bonchev–Trinajstić information content (AvgIpc) is 2.05. The van der Waals surface area contributed by atoms with Gasteiger partial charge in [-0.2, -0.15) is 0 Å². The second-order valence-corrected chi connectivity index (χ2v) is 2.91. The van der Waals surface area contributed by atoms with E-state index < -0.39 is 12.0 Å². The summed E-state index contributed by atoms with van der Waals surface area (Å²) in [4.78, 5) is 10.4. The van der Waals surface area contributed by atoms with Crippen molar-refractivity contribution in [3.63, 3.8) is 0 Å². The molecule has 0 radical (unpaired) electrons. The highest BCUT2D eigenvalue weighted by molar-refractivity contribution is 5.73. The zero-order chi connectivity index (χ0) is 8.27. The van der Waals surface area contributed by atoms with Crippen molar-refractivity contribution >= 4 is 5.97 Å². The third-order valence-electron chi connectivity index (χ3n) is 2.10. The molecule has 0 amide bonds. The Morgan fingerprint density at radius 3 is 2.82 bits per heavy atom. The number of nitrogens with two attached hydrogens (primary N) is 1. The molecule has 1 aliphatic carbocycles. The summed E-state index contributed by atoms with van der Waals surface area (Å²) < 4.78 is 0. The van der Waals surface area contributed by atoms with Crippen LogP contribution in [0, 0.1) is 5.92 Å². The molecule has 62 valence electrons. The largest absolute Gasteiger partial charge is 0.480 e. The van der Waals surface area contributed by atoms with Crippen molar-refractivity contribution in [2.45, 2.75) is 25.3 Å². The molecule has 0 spiro atoms. The van der Waals surface area contributed by atoms with Crippen LogP contribution in [0.5, 0.6) is 0 Å². The van der Waals surface area contributed by atoms with Crippen molar-refractivity contribution in [2.24, 2.45) is 11.7 Å². The Hall–Kier alpha value is -0.830. The molecule has 0 heterocycles. The van der Waals surface area contributed by atoms with Gasteiger partial charge in [-0.25, -0.2) is 0 Å². The van der Waals surface area contributed by atoms with Crippen LogP contribution in [0.1, 0.15) is 19.3 Å². The molecule has 0 bridgehead atoms. The van der Waals surface area contributed by atoms with Crippen LogP contribution < -0.4 is 5.73 Å². The predicted octanol–water partition coefficient (Wildman–Crippen LogP) is 0.755. The lowest BCUT2D eigenvalue weighted by molar-refractivity contribution is -0.139. The van der Waals surface area contributed by atoms with E-state index in [2.05, 4.69) is 6.08 Å². The number of rotatable bonds is 2. The maximum Gasteiger partial charge on any atom is 0.320 e. The lowest BCUT2D eigenvalue weighted by Crippen LogP contribution is -2.38. The van der Waals surface area contributed by atoms with Crippen molar-refractivity contribution in [3.05, 3.63) is 12.2 Å². The van der Waals surface area contributed by atoms with E-state index in [0.717, 1.165) is 19.3 Å². The Bertz CT molecular complexity index is 177. The van der Waals surface area contributed by atoms with Gasteiger partial charge in [0.25, 0.3) is 0 Å². The summed E-state index contributed by atoms with van der Waals surface area (Å²) in [5.41, 5.74) is 5.46. The molecule has 2 atom stereocenters. The normalized spacial score (nSPS) is 26.5. The minimum absolute atomic E-state index is 0.137. The molecule has 1 aliphatic rings. The quantitative estimate of drug-likeness (QED) is 0.578. The number of hydrogen-bond donors (Lipinski definition) is 2. The first-order chi connectivity index (χ1) is 5.22. The van der Waals surface area contributed by atoms with Gasteiger partial charge in [0.2, 0.25) is 0 Å². The summed E-state index contributed by atoms with van der Waals surface area (Å²) >= 11 is 0. The first-order valence-corrected chi connectivity index (χ1v) is 3.85. The number of allylic oxidation sites excluding steroid dienone is 2. The van der Waals surface area contributed by atoms with Gasteiger partial charge in [0.15, 0.2) is 0 Å². The molecular formula is C8H13NO2. The second-order valence-electron chi connectivity index (χ2n) is 2.91. The monoisotopic (exact) mass is 155 g/mol. The fourth-order valence-electron chi connectivity index (χ4n) is 1.34. The maximum absolute atomic E-state index is 10.4. The van der Waals surface area contributed by atoms with Gasteiger partial charge >= 0.3 is 5.97 Å². The Balaban J connectivity index is 2.46. The molecule has 3 N–H and O–H groups in total. The maximum atomic E-state index is 10.4. The van der Waals surface area contributed by atoms with E-state index in [9.17, 15) is 4.79 Å². The van der Waals surface area contributed by atoms with Gasteiger partial charge in [-0.1, -0.05) is 12.2 Å². The smallest absolute Gasteiger partial charge is 0.320 e. The lowest BCUT2D eigenvalue weighted by Gasteiger charge is -2.20. The highest BCUT2D eigenvalue weighted by Crippen LogP contribution is 2.20. The third-order valence-corrected chi connectivity index (χ3v) is 2.10. The Morgan fingerprint density at radius 2 is 2.36 bits per heavy atom. The predicted molar refractivity (Wildman–Crippen MR) is 42.1 cm³/mol. The van der Waals surface area contributed by atoms with E-state index in [4.69, 9.17) is 10.8 Å². The fourth-order valence-corrected chi connectivity index (χ4v) is 1.34. The van der Waals surface area contributed by atoms with Gasteiger partial charge in [-0.05, 0) is 25.2 Å². The summed E-state index contributed by atoms with van der Waals surface area (Å²) in [6.07, 6.45) is 6.77. The molecule has 11 heavy (non-hydrogen) atoms. The van der Waals surface area contributed by atoms with Crippen molar-refractivity contribution in [2.75, 3.05) is 0 Å². The zero-order valence-corrected chi connectivity index (χ0v) is 6.36. The Labute approximate surface area is 65.9 Å². The Kier molecular flexibility index (Phi) is 2.65. The summed E-state index contributed by atoms with van der Waals surface area (Å²) in [5, 5.41) is 8.59. The van der Waals surface area contributed by atoms with Gasteiger partial charge in [0, 0.05) is 0 Å². The summed E-state index contributed by atoms with van der Waals surface area (Å²) in [6.45, 7) is 0. The molecule has 1 unspecified atom stereocenters. The zero-order valence-electron chi connectivity index (χ0n) is 6.36. The topological polar surface area (TPSA) is 63.3 Å². The fraction of sp³-hybridized carbons (Fsp3) is 0.625. The van der Waals surface area contributed by atoms with Gasteiger partial charge in [0.05, 0.1) is 0 Å². The van der Waals surface area contributed by atoms with E-state index in [1.807, 2.05) is 6.08 Å². The summed E-state index contributed by atoms with van der Waals surface area (Å²) in [7, 11) is 0. The number of hydrogen-bond acceptors (Lipinski definition) is 2. The van der Waals surface area contributed by atoms with Gasteiger partial charge < -0.3 is 10.8 Å².